The zero-order valence-electron chi connectivity index (χ0n) is 11.8. The number of rotatable bonds is 6. The first kappa shape index (κ1) is 15.1. The number of nitrogens with one attached hydrogen (secondary N) is 1. The van der Waals surface area contributed by atoms with Gasteiger partial charge in [-0.3, -0.25) is 10.1 Å². The van der Waals surface area contributed by atoms with E-state index in [1.54, 1.807) is 30.3 Å². The van der Waals surface area contributed by atoms with Crippen molar-refractivity contribution in [1.82, 2.24) is 5.32 Å². The van der Waals surface area contributed by atoms with Gasteiger partial charge < -0.3 is 5.32 Å². The monoisotopic (exact) mass is 288 g/mol. The molecule has 0 amide bonds. The lowest BCUT2D eigenvalue weighted by atomic mass is 10.0. The second kappa shape index (κ2) is 6.95. The third kappa shape index (κ3) is 3.86. The minimum Gasteiger partial charge on any atom is -0.306 e. The largest absolute Gasteiger partial charge is 0.306 e. The van der Waals surface area contributed by atoms with E-state index in [9.17, 15) is 14.5 Å². The number of nitro benzene ring substituents is 1. The molecular weight excluding hydrogens is 271 g/mol. The summed E-state index contributed by atoms with van der Waals surface area (Å²) in [6, 6.07) is 13.1. The Morgan fingerprint density at radius 1 is 1.24 bits per heavy atom. The molecule has 110 valence electrons. The molecule has 2 aromatic rings. The predicted octanol–water partition coefficient (Wildman–Crippen LogP) is 3.97. The van der Waals surface area contributed by atoms with Crippen molar-refractivity contribution in [3.63, 3.8) is 0 Å². The summed E-state index contributed by atoms with van der Waals surface area (Å²) in [5.74, 6) is -0.251. The van der Waals surface area contributed by atoms with E-state index in [1.165, 1.54) is 12.1 Å². The highest BCUT2D eigenvalue weighted by Crippen LogP contribution is 2.22. The highest BCUT2D eigenvalue weighted by Gasteiger charge is 2.13. The molecule has 0 fully saturated rings. The van der Waals surface area contributed by atoms with E-state index in [-0.39, 0.29) is 17.5 Å². The standard InChI is InChI=1S/C16H17FN2O2/c1-2-16(12-7-5-8-14(10-12)19(20)21)18-11-13-6-3-4-9-15(13)17/h3-10,16,18H,2,11H2,1H3. The number of hydrogen-bond acceptors (Lipinski definition) is 3. The molecule has 0 bridgehead atoms. The third-order valence-corrected chi connectivity index (χ3v) is 3.39. The molecule has 0 heterocycles. The first-order valence-electron chi connectivity index (χ1n) is 6.83. The Kier molecular flexibility index (Phi) is 5.00. The van der Waals surface area contributed by atoms with Crippen LogP contribution in [-0.2, 0) is 6.54 Å². The second-order valence-electron chi connectivity index (χ2n) is 4.79. The van der Waals surface area contributed by atoms with Crippen molar-refractivity contribution in [3.05, 3.63) is 75.6 Å². The molecule has 5 heteroatoms. The van der Waals surface area contributed by atoms with Crippen molar-refractivity contribution in [2.45, 2.75) is 25.9 Å². The molecular formula is C16H17FN2O2. The van der Waals surface area contributed by atoms with Gasteiger partial charge in [-0.15, -0.1) is 0 Å². The van der Waals surface area contributed by atoms with E-state index in [4.69, 9.17) is 0 Å². The zero-order chi connectivity index (χ0) is 15.2. The van der Waals surface area contributed by atoms with Crippen LogP contribution in [0.25, 0.3) is 0 Å². The van der Waals surface area contributed by atoms with Gasteiger partial charge in [0.25, 0.3) is 5.69 Å². The fourth-order valence-electron chi connectivity index (χ4n) is 2.23. The molecule has 1 atom stereocenters. The van der Waals surface area contributed by atoms with Gasteiger partial charge in [0, 0.05) is 30.3 Å². The lowest BCUT2D eigenvalue weighted by molar-refractivity contribution is -0.384. The van der Waals surface area contributed by atoms with E-state index in [0.29, 0.717) is 12.1 Å². The molecule has 2 rings (SSSR count). The van der Waals surface area contributed by atoms with Crippen LogP contribution >= 0.6 is 0 Å². The van der Waals surface area contributed by atoms with E-state index >= 15 is 0 Å². The number of nitro groups is 1. The van der Waals surface area contributed by atoms with E-state index in [1.807, 2.05) is 13.0 Å². The van der Waals surface area contributed by atoms with E-state index in [0.717, 1.165) is 12.0 Å². The minimum absolute atomic E-state index is 0.0514. The van der Waals surface area contributed by atoms with Gasteiger partial charge in [0.1, 0.15) is 5.82 Å². The van der Waals surface area contributed by atoms with E-state index in [2.05, 4.69) is 5.32 Å². The first-order valence-corrected chi connectivity index (χ1v) is 6.83. The summed E-state index contributed by atoms with van der Waals surface area (Å²) in [4.78, 5) is 10.4. The van der Waals surface area contributed by atoms with Crippen LogP contribution in [0.5, 0.6) is 0 Å². The van der Waals surface area contributed by atoms with Crippen molar-refractivity contribution in [3.8, 4) is 0 Å². The quantitative estimate of drug-likeness (QED) is 0.646. The van der Waals surface area contributed by atoms with Gasteiger partial charge in [-0.25, -0.2) is 4.39 Å². The van der Waals surface area contributed by atoms with Crippen LogP contribution in [-0.4, -0.2) is 4.92 Å². The lowest BCUT2D eigenvalue weighted by Crippen LogP contribution is -2.21. The van der Waals surface area contributed by atoms with Crippen LogP contribution in [0.15, 0.2) is 48.5 Å². The second-order valence-corrected chi connectivity index (χ2v) is 4.79. The third-order valence-electron chi connectivity index (χ3n) is 3.39. The molecule has 1 N–H and O–H groups in total. The molecule has 0 saturated heterocycles. The van der Waals surface area contributed by atoms with Crippen molar-refractivity contribution in [2.75, 3.05) is 0 Å². The molecule has 0 radical (unpaired) electrons. The topological polar surface area (TPSA) is 55.2 Å². The highest BCUT2D eigenvalue weighted by atomic mass is 19.1. The SMILES string of the molecule is CCC(NCc1ccccc1F)c1cccc([N+](=O)[O-])c1. The van der Waals surface area contributed by atoms with Gasteiger partial charge in [0.05, 0.1) is 4.92 Å². The summed E-state index contributed by atoms with van der Waals surface area (Å²) >= 11 is 0. The maximum absolute atomic E-state index is 13.6. The van der Waals surface area contributed by atoms with Gasteiger partial charge >= 0.3 is 0 Å². The Morgan fingerprint density at radius 3 is 2.67 bits per heavy atom. The Bertz CT molecular complexity index is 631. The van der Waals surface area contributed by atoms with Crippen LogP contribution in [0.4, 0.5) is 10.1 Å². The van der Waals surface area contributed by atoms with Gasteiger partial charge in [-0.1, -0.05) is 37.3 Å². The van der Waals surface area contributed by atoms with Crippen molar-refractivity contribution in [2.24, 2.45) is 0 Å². The number of non-ortho nitro benzene ring substituents is 1. The summed E-state index contributed by atoms with van der Waals surface area (Å²) < 4.78 is 13.6. The average Bonchev–Trinajstić information content (AvgIpc) is 2.50. The predicted molar refractivity (Wildman–Crippen MR) is 79.4 cm³/mol. The van der Waals surface area contributed by atoms with Crippen LogP contribution in [0.2, 0.25) is 0 Å². The average molecular weight is 288 g/mol. The van der Waals surface area contributed by atoms with Gasteiger partial charge in [0.15, 0.2) is 0 Å². The van der Waals surface area contributed by atoms with E-state index < -0.39 is 4.92 Å². The van der Waals surface area contributed by atoms with Crippen LogP contribution in [0.3, 0.4) is 0 Å². The summed E-state index contributed by atoms with van der Waals surface area (Å²) in [6.07, 6.45) is 0.760. The van der Waals surface area contributed by atoms with Crippen LogP contribution in [0, 0.1) is 15.9 Å². The number of benzene rings is 2. The van der Waals surface area contributed by atoms with Gasteiger partial charge in [-0.2, -0.15) is 0 Å². The molecule has 2 aromatic carbocycles. The molecule has 0 aliphatic rings. The van der Waals surface area contributed by atoms with Crippen LogP contribution in [0.1, 0.15) is 30.5 Å². The first-order chi connectivity index (χ1) is 10.1. The fourth-order valence-corrected chi connectivity index (χ4v) is 2.23. The summed E-state index contributed by atoms with van der Waals surface area (Å²) in [5, 5.41) is 14.1. The normalized spacial score (nSPS) is 12.1. The minimum atomic E-state index is -0.410. The Morgan fingerprint density at radius 2 is 2.00 bits per heavy atom. The number of halogens is 1. The highest BCUT2D eigenvalue weighted by molar-refractivity contribution is 5.35. The summed E-state index contributed by atoms with van der Waals surface area (Å²) in [5.41, 5.74) is 1.49. The molecule has 0 aliphatic heterocycles. The lowest BCUT2D eigenvalue weighted by Gasteiger charge is -2.17. The number of hydrogen-bond donors (Lipinski definition) is 1. The molecule has 21 heavy (non-hydrogen) atoms. The number of nitrogens with zero attached hydrogens (tertiary/aromatic N) is 1. The van der Waals surface area contributed by atoms with Gasteiger partial charge in [0.2, 0.25) is 0 Å². The molecule has 0 saturated carbocycles. The maximum Gasteiger partial charge on any atom is 0.269 e. The van der Waals surface area contributed by atoms with Crippen molar-refractivity contribution >= 4 is 5.69 Å². The summed E-state index contributed by atoms with van der Waals surface area (Å²) in [7, 11) is 0. The molecule has 0 aliphatic carbocycles. The van der Waals surface area contributed by atoms with Crippen molar-refractivity contribution < 1.29 is 9.31 Å². The molecule has 4 nitrogen and oxygen atoms in total. The zero-order valence-corrected chi connectivity index (χ0v) is 11.8. The van der Waals surface area contributed by atoms with Crippen LogP contribution < -0.4 is 5.32 Å². The Balaban J connectivity index is 2.11. The molecule has 1 unspecified atom stereocenters. The molecule has 0 spiro atoms. The van der Waals surface area contributed by atoms with Crippen molar-refractivity contribution in [1.29, 1.82) is 0 Å². The Labute approximate surface area is 122 Å². The fraction of sp³-hybridized carbons (Fsp3) is 0.250. The molecule has 0 aromatic heterocycles. The maximum atomic E-state index is 13.6. The Hall–Kier alpha value is -2.27. The van der Waals surface area contributed by atoms with Gasteiger partial charge in [-0.05, 0) is 18.1 Å². The summed E-state index contributed by atoms with van der Waals surface area (Å²) in [6.45, 7) is 2.37. The smallest absolute Gasteiger partial charge is 0.269 e.